The number of furan rings is 1. The summed E-state index contributed by atoms with van der Waals surface area (Å²) in [6, 6.07) is 1.56. The highest BCUT2D eigenvalue weighted by Gasteiger charge is 2.09. The zero-order valence-corrected chi connectivity index (χ0v) is 7.39. The number of hydrogen-bond acceptors (Lipinski definition) is 4. The van der Waals surface area contributed by atoms with Crippen molar-refractivity contribution >= 4 is 18.4 Å². The fourth-order valence-corrected chi connectivity index (χ4v) is 0.690. The normalized spacial score (nSPS) is 8.83. The van der Waals surface area contributed by atoms with Crippen LogP contribution in [0.25, 0.3) is 0 Å². The van der Waals surface area contributed by atoms with Gasteiger partial charge in [-0.25, -0.2) is 4.79 Å². The highest BCUT2D eigenvalue weighted by molar-refractivity contribution is 5.86. The molecule has 1 rings (SSSR count). The van der Waals surface area contributed by atoms with E-state index in [1.54, 1.807) is 6.07 Å². The van der Waals surface area contributed by atoms with E-state index >= 15 is 0 Å². The number of carbonyl (C=O) groups is 1. The largest absolute Gasteiger partial charge is 0.463 e. The molecule has 0 fully saturated rings. The monoisotopic (exact) mass is 191 g/mol. The van der Waals surface area contributed by atoms with Gasteiger partial charge in [-0.2, -0.15) is 0 Å². The molecule has 0 spiro atoms. The molecule has 0 saturated carbocycles. The predicted molar refractivity (Wildman–Crippen MR) is 45.2 cm³/mol. The van der Waals surface area contributed by atoms with Gasteiger partial charge in [0.15, 0.2) is 0 Å². The van der Waals surface area contributed by atoms with Gasteiger partial charge in [-0.1, -0.05) is 0 Å². The first-order valence-corrected chi connectivity index (χ1v) is 3.13. The number of methoxy groups -OCH3 is 1. The highest BCUT2D eigenvalue weighted by atomic mass is 35.5. The van der Waals surface area contributed by atoms with Crippen molar-refractivity contribution in [3.05, 3.63) is 23.7 Å². The third-order valence-corrected chi connectivity index (χ3v) is 1.28. The van der Waals surface area contributed by atoms with Gasteiger partial charge >= 0.3 is 5.97 Å². The van der Waals surface area contributed by atoms with Crippen molar-refractivity contribution in [1.82, 2.24) is 0 Å². The second-order valence-electron chi connectivity index (χ2n) is 2.01. The molecular weight excluding hydrogens is 182 g/mol. The summed E-state index contributed by atoms with van der Waals surface area (Å²) in [7, 11) is 1.30. The van der Waals surface area contributed by atoms with E-state index in [0.29, 0.717) is 6.54 Å². The summed E-state index contributed by atoms with van der Waals surface area (Å²) >= 11 is 0. The van der Waals surface area contributed by atoms with Gasteiger partial charge in [0.05, 0.1) is 13.4 Å². The van der Waals surface area contributed by atoms with Gasteiger partial charge in [-0.3, -0.25) is 0 Å². The Morgan fingerprint density at radius 2 is 2.42 bits per heavy atom. The molecule has 0 radical (unpaired) electrons. The van der Waals surface area contributed by atoms with E-state index in [1.807, 2.05) is 0 Å². The number of carbonyl (C=O) groups excluding carboxylic acids is 1. The third kappa shape index (κ3) is 2.25. The molecule has 0 aliphatic heterocycles. The zero-order valence-electron chi connectivity index (χ0n) is 6.57. The van der Waals surface area contributed by atoms with Crippen LogP contribution in [0, 0.1) is 0 Å². The maximum atomic E-state index is 10.8. The van der Waals surface area contributed by atoms with Crippen LogP contribution < -0.4 is 5.73 Å². The molecule has 4 nitrogen and oxygen atoms in total. The molecule has 12 heavy (non-hydrogen) atoms. The van der Waals surface area contributed by atoms with Crippen molar-refractivity contribution in [2.45, 2.75) is 6.54 Å². The van der Waals surface area contributed by atoms with E-state index in [-0.39, 0.29) is 18.2 Å². The number of hydrogen-bond donors (Lipinski definition) is 1. The lowest BCUT2D eigenvalue weighted by molar-refractivity contribution is 0.0565. The second-order valence-corrected chi connectivity index (χ2v) is 2.01. The fourth-order valence-electron chi connectivity index (χ4n) is 0.690. The number of esters is 1. The van der Waals surface area contributed by atoms with E-state index in [9.17, 15) is 4.79 Å². The average Bonchev–Trinajstić information content (AvgIpc) is 2.50. The van der Waals surface area contributed by atoms with E-state index in [2.05, 4.69) is 4.74 Å². The first-order chi connectivity index (χ1) is 5.27. The standard InChI is InChI=1S/C7H9NO3.ClH/c1-10-7(9)6-2-5(3-8)4-11-6;/h2,4H,3,8H2,1H3;1H. The first kappa shape index (κ1) is 11.0. The molecule has 1 aromatic rings. The van der Waals surface area contributed by atoms with Gasteiger partial charge in [0.2, 0.25) is 5.76 Å². The maximum Gasteiger partial charge on any atom is 0.373 e. The van der Waals surface area contributed by atoms with E-state index in [0.717, 1.165) is 5.56 Å². The summed E-state index contributed by atoms with van der Waals surface area (Å²) in [4.78, 5) is 10.8. The summed E-state index contributed by atoms with van der Waals surface area (Å²) < 4.78 is 9.27. The minimum Gasteiger partial charge on any atom is -0.463 e. The maximum absolute atomic E-state index is 10.8. The van der Waals surface area contributed by atoms with E-state index < -0.39 is 5.97 Å². The van der Waals surface area contributed by atoms with Crippen molar-refractivity contribution in [2.24, 2.45) is 5.73 Å². The van der Waals surface area contributed by atoms with Gasteiger partial charge in [-0.15, -0.1) is 12.4 Å². The summed E-state index contributed by atoms with van der Waals surface area (Å²) in [5.41, 5.74) is 6.08. The predicted octanol–water partition coefficient (Wildman–Crippen LogP) is 0.947. The quantitative estimate of drug-likeness (QED) is 0.707. The van der Waals surface area contributed by atoms with Crippen LogP contribution >= 0.6 is 12.4 Å². The molecule has 0 aliphatic rings. The molecule has 0 bridgehead atoms. The molecule has 0 aliphatic carbocycles. The SMILES string of the molecule is COC(=O)c1cc(CN)co1.Cl. The Balaban J connectivity index is 0.00000121. The van der Waals surface area contributed by atoms with Crippen LogP contribution in [-0.2, 0) is 11.3 Å². The Labute approximate surface area is 76.1 Å². The van der Waals surface area contributed by atoms with Crippen molar-refractivity contribution in [3.8, 4) is 0 Å². The van der Waals surface area contributed by atoms with Crippen LogP contribution in [-0.4, -0.2) is 13.1 Å². The summed E-state index contributed by atoms with van der Waals surface area (Å²) in [5.74, 6) is -0.294. The minimum absolute atomic E-state index is 0. The van der Waals surface area contributed by atoms with Crippen LogP contribution in [0.3, 0.4) is 0 Å². The van der Waals surface area contributed by atoms with Crippen molar-refractivity contribution in [2.75, 3.05) is 7.11 Å². The van der Waals surface area contributed by atoms with Crippen molar-refractivity contribution in [1.29, 1.82) is 0 Å². The molecular formula is C7H10ClNO3. The molecule has 0 amide bonds. The molecule has 1 aromatic heterocycles. The Bertz CT molecular complexity index is 259. The van der Waals surface area contributed by atoms with Gasteiger partial charge < -0.3 is 14.9 Å². The Kier molecular flexibility index (Phi) is 4.39. The molecule has 0 saturated heterocycles. The third-order valence-electron chi connectivity index (χ3n) is 1.28. The highest BCUT2D eigenvalue weighted by Crippen LogP contribution is 2.07. The lowest BCUT2D eigenvalue weighted by atomic mass is 10.3. The van der Waals surface area contributed by atoms with Crippen molar-refractivity contribution in [3.63, 3.8) is 0 Å². The molecule has 0 aromatic carbocycles. The van der Waals surface area contributed by atoms with Crippen LogP contribution in [0.5, 0.6) is 0 Å². The second kappa shape index (κ2) is 4.79. The summed E-state index contributed by atoms with van der Waals surface area (Å²) in [6.45, 7) is 0.362. The molecule has 0 atom stereocenters. The number of ether oxygens (including phenoxy) is 1. The summed E-state index contributed by atoms with van der Waals surface area (Å²) in [6.07, 6.45) is 1.44. The Morgan fingerprint density at radius 3 is 2.83 bits per heavy atom. The van der Waals surface area contributed by atoms with Crippen LogP contribution in [0.15, 0.2) is 16.7 Å². The van der Waals surface area contributed by atoms with Crippen LogP contribution in [0.4, 0.5) is 0 Å². The Hall–Kier alpha value is -1.00. The molecule has 5 heteroatoms. The number of nitrogens with two attached hydrogens (primary N) is 1. The van der Waals surface area contributed by atoms with E-state index in [1.165, 1.54) is 13.4 Å². The number of rotatable bonds is 2. The fraction of sp³-hybridized carbons (Fsp3) is 0.286. The van der Waals surface area contributed by atoms with Gasteiger partial charge in [0.1, 0.15) is 0 Å². The van der Waals surface area contributed by atoms with Gasteiger partial charge in [0, 0.05) is 12.1 Å². The summed E-state index contributed by atoms with van der Waals surface area (Å²) in [5, 5.41) is 0. The molecule has 1 heterocycles. The van der Waals surface area contributed by atoms with E-state index in [4.69, 9.17) is 10.2 Å². The van der Waals surface area contributed by atoms with Crippen LogP contribution in [0.1, 0.15) is 16.1 Å². The van der Waals surface area contributed by atoms with Crippen molar-refractivity contribution < 1.29 is 13.9 Å². The van der Waals surface area contributed by atoms with Crippen LogP contribution in [0.2, 0.25) is 0 Å². The molecule has 0 unspecified atom stereocenters. The lowest BCUT2D eigenvalue weighted by Crippen LogP contribution is -1.99. The number of halogens is 1. The smallest absolute Gasteiger partial charge is 0.373 e. The zero-order chi connectivity index (χ0) is 8.27. The first-order valence-electron chi connectivity index (χ1n) is 3.13. The van der Waals surface area contributed by atoms with Gasteiger partial charge in [-0.05, 0) is 6.07 Å². The molecule has 68 valence electrons. The Morgan fingerprint density at radius 1 is 1.75 bits per heavy atom. The average molecular weight is 192 g/mol. The lowest BCUT2D eigenvalue weighted by Gasteiger charge is -1.90. The van der Waals surface area contributed by atoms with Gasteiger partial charge in [0.25, 0.3) is 0 Å². The minimum atomic E-state index is -0.482. The topological polar surface area (TPSA) is 65.5 Å². The molecule has 2 N–H and O–H groups in total.